The van der Waals surface area contributed by atoms with Crippen molar-refractivity contribution in [1.82, 2.24) is 0 Å². The fourth-order valence-corrected chi connectivity index (χ4v) is 8.03. The molecule has 0 saturated carbocycles. The molecule has 0 fully saturated rings. The number of rotatable bonds is 53. The number of allylic oxidation sites excluding steroid dienone is 22. The number of hydrogen-bond donors (Lipinski definition) is 1. The van der Waals surface area contributed by atoms with Gasteiger partial charge in [-0.3, -0.25) is 9.59 Å². The first-order chi connectivity index (χ1) is 35.6. The lowest BCUT2D eigenvalue weighted by Crippen LogP contribution is -2.28. The molecular formula is C67H110O5. The molecule has 0 aromatic heterocycles. The van der Waals surface area contributed by atoms with Gasteiger partial charge >= 0.3 is 11.9 Å². The van der Waals surface area contributed by atoms with Gasteiger partial charge in [0.15, 0.2) is 6.10 Å². The Kier molecular flexibility index (Phi) is 58.0. The van der Waals surface area contributed by atoms with Crippen molar-refractivity contribution >= 4 is 11.9 Å². The van der Waals surface area contributed by atoms with E-state index in [1.54, 1.807) is 0 Å². The predicted octanol–water partition coefficient (Wildman–Crippen LogP) is 20.4. The molecule has 1 N–H and O–H groups in total. The Morgan fingerprint density at radius 3 is 0.903 bits per heavy atom. The highest BCUT2D eigenvalue weighted by atomic mass is 16.6. The molecule has 0 bridgehead atoms. The second-order valence-electron chi connectivity index (χ2n) is 19.3. The van der Waals surface area contributed by atoms with E-state index in [1.807, 2.05) is 0 Å². The summed E-state index contributed by atoms with van der Waals surface area (Å²) in [5.41, 5.74) is 0. The van der Waals surface area contributed by atoms with E-state index in [9.17, 15) is 14.7 Å². The van der Waals surface area contributed by atoms with E-state index in [4.69, 9.17) is 9.47 Å². The number of aliphatic hydroxyl groups excluding tert-OH is 1. The van der Waals surface area contributed by atoms with Crippen LogP contribution in [-0.4, -0.2) is 36.4 Å². The summed E-state index contributed by atoms with van der Waals surface area (Å²) in [6.45, 7) is 4.01. The molecule has 0 aromatic carbocycles. The number of unbranched alkanes of at least 4 members (excludes halogenated alkanes) is 23. The van der Waals surface area contributed by atoms with Crippen LogP contribution < -0.4 is 0 Å². The third-order valence-electron chi connectivity index (χ3n) is 12.5. The normalized spacial score (nSPS) is 13.2. The highest BCUT2D eigenvalue weighted by Gasteiger charge is 2.16. The molecule has 1 atom stereocenters. The number of hydrogen-bond acceptors (Lipinski definition) is 5. The fourth-order valence-electron chi connectivity index (χ4n) is 8.03. The molecule has 408 valence electrons. The van der Waals surface area contributed by atoms with Gasteiger partial charge in [0.25, 0.3) is 0 Å². The topological polar surface area (TPSA) is 72.8 Å². The van der Waals surface area contributed by atoms with E-state index >= 15 is 0 Å². The Labute approximate surface area is 445 Å². The van der Waals surface area contributed by atoms with Crippen molar-refractivity contribution in [3.63, 3.8) is 0 Å². The van der Waals surface area contributed by atoms with E-state index in [-0.39, 0.29) is 25.2 Å². The first kappa shape index (κ1) is 68.0. The maximum atomic E-state index is 12.3. The van der Waals surface area contributed by atoms with E-state index in [2.05, 4.69) is 148 Å². The quantitative estimate of drug-likeness (QED) is 0.0373. The average Bonchev–Trinajstić information content (AvgIpc) is 3.38. The molecule has 72 heavy (non-hydrogen) atoms. The van der Waals surface area contributed by atoms with Crippen LogP contribution in [0.2, 0.25) is 0 Å². The fraction of sp³-hybridized carbons (Fsp3) is 0.642. The first-order valence-electron chi connectivity index (χ1n) is 29.7. The highest BCUT2D eigenvalue weighted by molar-refractivity contribution is 5.70. The van der Waals surface area contributed by atoms with Crippen LogP contribution in [0.5, 0.6) is 0 Å². The molecule has 5 heteroatoms. The summed E-state index contributed by atoms with van der Waals surface area (Å²) in [7, 11) is 0. The third kappa shape index (κ3) is 58.6. The summed E-state index contributed by atoms with van der Waals surface area (Å²) in [6, 6.07) is 0. The summed E-state index contributed by atoms with van der Waals surface area (Å²) in [5.74, 6) is -0.629. The van der Waals surface area contributed by atoms with Gasteiger partial charge in [0, 0.05) is 12.8 Å². The lowest BCUT2D eigenvalue weighted by molar-refractivity contribution is -0.161. The van der Waals surface area contributed by atoms with Gasteiger partial charge in [-0.2, -0.15) is 0 Å². The van der Waals surface area contributed by atoms with E-state index in [0.717, 1.165) is 116 Å². The Morgan fingerprint density at radius 1 is 0.333 bits per heavy atom. The number of aliphatic hydroxyl groups is 1. The van der Waals surface area contributed by atoms with Crippen molar-refractivity contribution in [2.24, 2.45) is 0 Å². The maximum absolute atomic E-state index is 12.3. The zero-order valence-electron chi connectivity index (χ0n) is 46.6. The monoisotopic (exact) mass is 995 g/mol. The maximum Gasteiger partial charge on any atom is 0.306 e. The molecule has 1 unspecified atom stereocenters. The van der Waals surface area contributed by atoms with Gasteiger partial charge in [0.1, 0.15) is 6.61 Å². The van der Waals surface area contributed by atoms with Crippen LogP contribution >= 0.6 is 0 Å². The predicted molar refractivity (Wildman–Crippen MR) is 315 cm³/mol. The van der Waals surface area contributed by atoms with Crippen LogP contribution in [0.15, 0.2) is 134 Å². The summed E-state index contributed by atoms with van der Waals surface area (Å²) in [5, 5.41) is 9.65. The minimum Gasteiger partial charge on any atom is -0.462 e. The second-order valence-corrected chi connectivity index (χ2v) is 19.3. The van der Waals surface area contributed by atoms with Crippen molar-refractivity contribution in [3.8, 4) is 0 Å². The molecule has 0 radical (unpaired) electrons. The zero-order chi connectivity index (χ0) is 52.0. The van der Waals surface area contributed by atoms with Crippen LogP contribution in [0.3, 0.4) is 0 Å². The molecule has 0 aliphatic rings. The van der Waals surface area contributed by atoms with E-state index in [1.165, 1.54) is 116 Å². The Balaban J connectivity index is 3.64. The van der Waals surface area contributed by atoms with Crippen LogP contribution in [-0.2, 0) is 19.1 Å². The van der Waals surface area contributed by atoms with Crippen molar-refractivity contribution in [2.75, 3.05) is 13.2 Å². The summed E-state index contributed by atoms with van der Waals surface area (Å²) in [4.78, 5) is 24.5. The summed E-state index contributed by atoms with van der Waals surface area (Å²) in [6.07, 6.45) is 91.4. The SMILES string of the molecule is CC/C=C\C/C=C\C/C=C\C/C=C\C/C=C\C/C=C\C/C=C\C/C=C\C/C=C\C/C=C\C/C=C\CCCCCC(=O)OC(CO)COC(=O)CCCCCCCCCCCCCCCCCCCCCCC. The Morgan fingerprint density at radius 2 is 0.597 bits per heavy atom. The smallest absolute Gasteiger partial charge is 0.306 e. The van der Waals surface area contributed by atoms with Crippen molar-refractivity contribution < 1.29 is 24.2 Å². The zero-order valence-corrected chi connectivity index (χ0v) is 46.6. The van der Waals surface area contributed by atoms with Gasteiger partial charge in [-0.1, -0.05) is 282 Å². The lowest BCUT2D eigenvalue weighted by Gasteiger charge is -2.15. The largest absolute Gasteiger partial charge is 0.462 e. The summed E-state index contributed by atoms with van der Waals surface area (Å²) < 4.78 is 10.7. The van der Waals surface area contributed by atoms with Crippen LogP contribution in [0.4, 0.5) is 0 Å². The Bertz CT molecular complexity index is 1500. The molecule has 5 nitrogen and oxygen atoms in total. The van der Waals surface area contributed by atoms with Crippen molar-refractivity contribution in [3.05, 3.63) is 134 Å². The van der Waals surface area contributed by atoms with Gasteiger partial charge in [0.2, 0.25) is 0 Å². The number of ether oxygens (including phenoxy) is 2. The first-order valence-corrected chi connectivity index (χ1v) is 29.7. The number of esters is 2. The number of carbonyl (C=O) groups excluding carboxylic acids is 2. The van der Waals surface area contributed by atoms with E-state index in [0.29, 0.717) is 12.8 Å². The van der Waals surface area contributed by atoms with Crippen LogP contribution in [0.1, 0.15) is 258 Å². The molecule has 0 spiro atoms. The minimum absolute atomic E-state index is 0.0844. The molecule has 0 aliphatic carbocycles. The third-order valence-corrected chi connectivity index (χ3v) is 12.5. The van der Waals surface area contributed by atoms with Crippen molar-refractivity contribution in [1.29, 1.82) is 0 Å². The average molecular weight is 996 g/mol. The molecule has 0 amide bonds. The van der Waals surface area contributed by atoms with Gasteiger partial charge in [-0.15, -0.1) is 0 Å². The van der Waals surface area contributed by atoms with Gasteiger partial charge < -0.3 is 14.6 Å². The number of carbonyl (C=O) groups is 2. The highest BCUT2D eigenvalue weighted by Crippen LogP contribution is 2.16. The molecule has 0 aromatic rings. The van der Waals surface area contributed by atoms with Crippen molar-refractivity contribution in [2.45, 2.75) is 264 Å². The second kappa shape index (κ2) is 61.3. The summed E-state index contributed by atoms with van der Waals surface area (Å²) >= 11 is 0. The molecule has 0 rings (SSSR count). The Hall–Kier alpha value is -3.96. The van der Waals surface area contributed by atoms with Crippen LogP contribution in [0.25, 0.3) is 0 Å². The molecule has 0 heterocycles. The van der Waals surface area contributed by atoms with Gasteiger partial charge in [0.05, 0.1) is 6.61 Å². The standard InChI is InChI=1S/C67H110O5/c1-3-5-7-9-11-13-15-17-19-21-23-25-26-27-28-29-30-31-32-33-34-35-36-37-38-39-40-42-44-46-48-50-52-54-56-58-60-62-67(70)72-65(63-68)64-71-66(69)61-59-57-55-53-51-49-47-45-43-41-24-22-20-18-16-14-12-10-8-6-4-2/h5,7,11,13,17,19,23,25,27-28,30-31,33-34,36-37,39-40,44,46,50,52,65,68H,3-4,6,8-10,12,14-16,18,20-22,24,26,29,32,35,38,41-43,45,47-49,51,53-64H2,1-2H3/b7-5-,13-11-,19-17-,25-23-,28-27-,31-30-,34-33-,37-36-,40-39-,46-44-,52-50-. The molecule has 0 aliphatic heterocycles. The molecular weight excluding hydrogens is 885 g/mol. The van der Waals surface area contributed by atoms with Gasteiger partial charge in [-0.05, 0) is 96.3 Å². The molecule has 0 saturated heterocycles. The lowest BCUT2D eigenvalue weighted by atomic mass is 10.0. The minimum atomic E-state index is -0.798. The van der Waals surface area contributed by atoms with E-state index < -0.39 is 6.10 Å². The van der Waals surface area contributed by atoms with Crippen LogP contribution in [0, 0.1) is 0 Å². The van der Waals surface area contributed by atoms with Gasteiger partial charge in [-0.25, -0.2) is 0 Å².